The van der Waals surface area contributed by atoms with Crippen LogP contribution < -0.4 is 5.69 Å². The average Bonchev–Trinajstić information content (AvgIpc) is 3.33. The predicted octanol–water partition coefficient (Wildman–Crippen LogP) is 6.53. The molecule has 7 aromatic rings. The lowest BCUT2D eigenvalue weighted by molar-refractivity contribution is 0.483. The first-order valence-electron chi connectivity index (χ1n) is 14.6. The Hall–Kier alpha value is -5.70. The van der Waals surface area contributed by atoms with Gasteiger partial charge in [0.2, 0.25) is 0 Å². The third-order valence-corrected chi connectivity index (χ3v) is 9.00. The highest BCUT2D eigenvalue weighted by Gasteiger charge is 2.21. The van der Waals surface area contributed by atoms with Crippen molar-refractivity contribution in [3.8, 4) is 22.9 Å². The Kier molecular flexibility index (Phi) is 7.93. The SMILES string of the molecule is Cc1ccc(S(=O)(=O)O)cc1.Cn1c(=O)n(-c2ccc(C(C)(C)C#N)cc2)c2c3cc(-c4ccc5nccnc5c4)ccc3ncc21. The van der Waals surface area contributed by atoms with E-state index in [0.29, 0.717) is 0 Å². The number of fused-ring (bicyclic) bond motifs is 4. The summed E-state index contributed by atoms with van der Waals surface area (Å²) in [6, 6.07) is 28.0. The Bertz CT molecular complexity index is 2510. The predicted molar refractivity (Wildman–Crippen MR) is 182 cm³/mol. The normalized spacial score (nSPS) is 11.7. The molecule has 7 rings (SSSR count). The maximum Gasteiger partial charge on any atom is 0.333 e. The van der Waals surface area contributed by atoms with Crippen molar-refractivity contribution in [2.75, 3.05) is 0 Å². The minimum Gasteiger partial charge on any atom is -0.293 e. The highest BCUT2D eigenvalue weighted by atomic mass is 32.2. The van der Waals surface area contributed by atoms with Gasteiger partial charge in [0, 0.05) is 24.8 Å². The quantitative estimate of drug-likeness (QED) is 0.214. The molecule has 4 aromatic carbocycles. The molecule has 10 nitrogen and oxygen atoms in total. The fourth-order valence-electron chi connectivity index (χ4n) is 5.36. The van der Waals surface area contributed by atoms with Gasteiger partial charge in [0.1, 0.15) is 0 Å². The first kappa shape index (κ1) is 31.3. The number of nitriles is 1. The summed E-state index contributed by atoms with van der Waals surface area (Å²) < 4.78 is 32.9. The Balaban J connectivity index is 0.000000300. The van der Waals surface area contributed by atoms with Gasteiger partial charge in [0.05, 0.1) is 55.8 Å². The molecule has 0 aliphatic heterocycles. The molecule has 0 saturated carbocycles. The van der Waals surface area contributed by atoms with Crippen LogP contribution in [0.5, 0.6) is 0 Å². The van der Waals surface area contributed by atoms with E-state index >= 15 is 0 Å². The molecular formula is C36H30N6O4S. The Labute approximate surface area is 271 Å². The monoisotopic (exact) mass is 642 g/mol. The minimum atomic E-state index is -4.02. The molecule has 234 valence electrons. The summed E-state index contributed by atoms with van der Waals surface area (Å²) in [7, 11) is -2.26. The standard InChI is InChI=1S/C29H22N6O.C7H8O3S/c1-29(2,17-30)20-6-8-21(9-7-20)35-27-22-14-18(19-5-11-24-25(15-19)32-13-12-31-24)4-10-23(22)33-16-26(27)34(3)28(35)36;1-6-2-4-7(5-3-6)11(8,9)10/h4-16H,1-3H3;2-5H,1H3,(H,8,9,10). The van der Waals surface area contributed by atoms with Crippen molar-refractivity contribution in [1.29, 1.82) is 5.26 Å². The second-order valence-electron chi connectivity index (χ2n) is 11.7. The summed E-state index contributed by atoms with van der Waals surface area (Å²) >= 11 is 0. The van der Waals surface area contributed by atoms with Crippen LogP contribution in [-0.4, -0.2) is 37.1 Å². The van der Waals surface area contributed by atoms with Crippen LogP contribution in [0.3, 0.4) is 0 Å². The van der Waals surface area contributed by atoms with Gasteiger partial charge in [-0.1, -0.05) is 42.0 Å². The molecule has 0 aliphatic rings. The number of benzene rings is 4. The number of imidazole rings is 1. The first-order valence-corrected chi connectivity index (χ1v) is 16.1. The summed E-state index contributed by atoms with van der Waals surface area (Å²) in [5.74, 6) is 0. The molecule has 0 aliphatic carbocycles. The van der Waals surface area contributed by atoms with Gasteiger partial charge in [-0.25, -0.2) is 4.79 Å². The molecule has 11 heteroatoms. The van der Waals surface area contributed by atoms with Crippen LogP contribution in [0.1, 0.15) is 25.0 Å². The van der Waals surface area contributed by atoms with Crippen molar-refractivity contribution in [3.63, 3.8) is 0 Å². The molecule has 47 heavy (non-hydrogen) atoms. The van der Waals surface area contributed by atoms with Crippen LogP contribution in [0, 0.1) is 18.3 Å². The molecule has 0 atom stereocenters. The number of aryl methyl sites for hydroxylation is 2. The number of hydrogen-bond acceptors (Lipinski definition) is 7. The van der Waals surface area contributed by atoms with Gasteiger partial charge in [-0.05, 0) is 86.0 Å². The van der Waals surface area contributed by atoms with Gasteiger partial charge in [-0.2, -0.15) is 13.7 Å². The van der Waals surface area contributed by atoms with Crippen LogP contribution in [0.4, 0.5) is 0 Å². The third kappa shape index (κ3) is 6.00. The van der Waals surface area contributed by atoms with Gasteiger partial charge in [0.15, 0.2) is 0 Å². The third-order valence-electron chi connectivity index (χ3n) is 8.13. The summed E-state index contributed by atoms with van der Waals surface area (Å²) in [5.41, 5.74) is 7.83. The van der Waals surface area contributed by atoms with Crippen molar-refractivity contribution in [2.24, 2.45) is 7.05 Å². The molecule has 0 bridgehead atoms. The zero-order valence-corrected chi connectivity index (χ0v) is 26.9. The fourth-order valence-corrected chi connectivity index (χ4v) is 5.84. The van der Waals surface area contributed by atoms with E-state index in [9.17, 15) is 18.5 Å². The maximum absolute atomic E-state index is 13.4. The molecule has 0 spiro atoms. The van der Waals surface area contributed by atoms with E-state index < -0.39 is 15.5 Å². The van der Waals surface area contributed by atoms with Gasteiger partial charge >= 0.3 is 5.69 Å². The van der Waals surface area contributed by atoms with Gasteiger partial charge < -0.3 is 0 Å². The van der Waals surface area contributed by atoms with E-state index in [1.165, 1.54) is 12.1 Å². The topological polar surface area (TPSA) is 144 Å². The van der Waals surface area contributed by atoms with Crippen LogP contribution in [0.25, 0.3) is 49.8 Å². The Morgan fingerprint density at radius 2 is 1.43 bits per heavy atom. The molecule has 0 unspecified atom stereocenters. The molecular weight excluding hydrogens is 613 g/mol. The lowest BCUT2D eigenvalue weighted by Gasteiger charge is -2.16. The van der Waals surface area contributed by atoms with E-state index in [1.807, 2.05) is 75.4 Å². The first-order chi connectivity index (χ1) is 22.4. The zero-order valence-electron chi connectivity index (χ0n) is 26.1. The molecule has 0 radical (unpaired) electrons. The van der Waals surface area contributed by atoms with Crippen molar-refractivity contribution >= 4 is 43.1 Å². The van der Waals surface area contributed by atoms with Crippen LogP contribution in [0.15, 0.2) is 113 Å². The highest BCUT2D eigenvalue weighted by molar-refractivity contribution is 7.85. The molecule has 1 N–H and O–H groups in total. The van der Waals surface area contributed by atoms with E-state index in [1.54, 1.807) is 46.9 Å². The molecule has 0 fully saturated rings. The Morgan fingerprint density at radius 3 is 2.06 bits per heavy atom. The Morgan fingerprint density at radius 1 is 0.809 bits per heavy atom. The van der Waals surface area contributed by atoms with Gasteiger partial charge in [-0.3, -0.25) is 28.6 Å². The maximum atomic E-state index is 13.4. The van der Waals surface area contributed by atoms with Crippen LogP contribution in [0.2, 0.25) is 0 Å². The zero-order chi connectivity index (χ0) is 33.5. The van der Waals surface area contributed by atoms with E-state index in [-0.39, 0.29) is 10.6 Å². The number of hydrogen-bond donors (Lipinski definition) is 1. The lowest BCUT2D eigenvalue weighted by atomic mass is 9.86. The number of aromatic nitrogens is 5. The van der Waals surface area contributed by atoms with Crippen LogP contribution >= 0.6 is 0 Å². The number of pyridine rings is 1. The summed E-state index contributed by atoms with van der Waals surface area (Å²) in [5, 5.41) is 10.4. The van der Waals surface area contributed by atoms with Gasteiger partial charge in [-0.15, -0.1) is 0 Å². The summed E-state index contributed by atoms with van der Waals surface area (Å²) in [6.07, 6.45) is 5.11. The molecule has 0 amide bonds. The van der Waals surface area contributed by atoms with E-state index in [4.69, 9.17) is 4.55 Å². The van der Waals surface area contributed by atoms with Crippen LogP contribution in [-0.2, 0) is 22.6 Å². The summed E-state index contributed by atoms with van der Waals surface area (Å²) in [4.78, 5) is 26.8. The van der Waals surface area contributed by atoms with Gasteiger partial charge in [0.25, 0.3) is 10.1 Å². The van der Waals surface area contributed by atoms with Crippen molar-refractivity contribution in [3.05, 3.63) is 125 Å². The summed E-state index contributed by atoms with van der Waals surface area (Å²) in [6.45, 7) is 5.60. The highest BCUT2D eigenvalue weighted by Crippen LogP contribution is 2.31. The average molecular weight is 643 g/mol. The molecule has 0 saturated heterocycles. The smallest absolute Gasteiger partial charge is 0.293 e. The van der Waals surface area contributed by atoms with E-state index in [2.05, 4.69) is 27.1 Å². The number of rotatable bonds is 4. The largest absolute Gasteiger partial charge is 0.333 e. The lowest BCUT2D eigenvalue weighted by Crippen LogP contribution is -2.21. The van der Waals surface area contributed by atoms with E-state index in [0.717, 1.165) is 60.9 Å². The molecule has 3 aromatic heterocycles. The second-order valence-corrected chi connectivity index (χ2v) is 13.2. The van der Waals surface area contributed by atoms with Crippen molar-refractivity contribution < 1.29 is 13.0 Å². The molecule has 3 heterocycles. The number of nitrogens with zero attached hydrogens (tertiary/aromatic N) is 6. The second kappa shape index (κ2) is 11.9. The van der Waals surface area contributed by atoms with Crippen molar-refractivity contribution in [2.45, 2.75) is 31.1 Å². The fraction of sp³-hybridized carbons (Fsp3) is 0.139. The minimum absolute atomic E-state index is 0.0666. The van der Waals surface area contributed by atoms with Crippen molar-refractivity contribution in [1.82, 2.24) is 24.1 Å².